The molecule has 29 heavy (non-hydrogen) atoms. The summed E-state index contributed by atoms with van der Waals surface area (Å²) < 4.78 is 10.8. The molecule has 1 aromatic carbocycles. The van der Waals surface area contributed by atoms with Crippen LogP contribution < -0.4 is 20.5 Å². The topological polar surface area (TPSA) is 95.2 Å². The van der Waals surface area contributed by atoms with Crippen LogP contribution in [0.3, 0.4) is 0 Å². The van der Waals surface area contributed by atoms with E-state index in [4.69, 9.17) is 43.4 Å². The Bertz CT molecular complexity index is 1060. The van der Waals surface area contributed by atoms with E-state index < -0.39 is 0 Å². The van der Waals surface area contributed by atoms with Gasteiger partial charge in [-0.25, -0.2) is 15.0 Å². The molecule has 3 N–H and O–H groups in total. The molecule has 1 aliphatic carbocycles. The first-order valence-electron chi connectivity index (χ1n) is 9.23. The molecule has 3 aromatic rings. The number of pyridine rings is 1. The van der Waals surface area contributed by atoms with Crippen LogP contribution in [0.5, 0.6) is 11.5 Å². The zero-order valence-electron chi connectivity index (χ0n) is 16.3. The molecule has 0 aliphatic heterocycles. The third-order valence-electron chi connectivity index (χ3n) is 5.11. The van der Waals surface area contributed by atoms with E-state index in [1.165, 1.54) is 27.1 Å². The number of benzene rings is 1. The average molecular weight is 434 g/mol. The molecule has 0 bridgehead atoms. The van der Waals surface area contributed by atoms with E-state index in [9.17, 15) is 0 Å². The number of anilines is 2. The van der Waals surface area contributed by atoms with Crippen molar-refractivity contribution in [3.05, 3.63) is 28.4 Å². The van der Waals surface area contributed by atoms with E-state index in [1.54, 1.807) is 12.3 Å². The Kier molecular flexibility index (Phi) is 5.27. The summed E-state index contributed by atoms with van der Waals surface area (Å²) >= 11 is 13.2. The molecule has 0 spiro atoms. The molecule has 1 fully saturated rings. The summed E-state index contributed by atoms with van der Waals surface area (Å²) in [5.74, 6) is 2.31. The molecule has 1 aliphatic rings. The number of ether oxygens (including phenoxy) is 2. The maximum absolute atomic E-state index is 6.60. The van der Waals surface area contributed by atoms with E-state index in [0.717, 1.165) is 5.39 Å². The third kappa shape index (κ3) is 3.72. The lowest BCUT2D eigenvalue weighted by Gasteiger charge is -2.18. The highest BCUT2D eigenvalue weighted by Gasteiger charge is 2.29. The van der Waals surface area contributed by atoms with Crippen LogP contribution in [-0.2, 0) is 0 Å². The van der Waals surface area contributed by atoms with Crippen LogP contribution in [0.1, 0.15) is 19.8 Å². The molecule has 0 amide bonds. The minimum atomic E-state index is 0.188. The van der Waals surface area contributed by atoms with Gasteiger partial charge in [0.15, 0.2) is 5.82 Å². The summed E-state index contributed by atoms with van der Waals surface area (Å²) in [7, 11) is 3.07. The van der Waals surface area contributed by atoms with Gasteiger partial charge >= 0.3 is 0 Å². The van der Waals surface area contributed by atoms with Gasteiger partial charge in [0.2, 0.25) is 5.95 Å². The fourth-order valence-electron chi connectivity index (χ4n) is 3.32. The highest BCUT2D eigenvalue weighted by Crippen LogP contribution is 2.46. The van der Waals surface area contributed by atoms with Crippen molar-refractivity contribution in [2.75, 3.05) is 25.3 Å². The minimum absolute atomic E-state index is 0.188. The Hall–Kier alpha value is -2.51. The summed E-state index contributed by atoms with van der Waals surface area (Å²) in [5, 5.41) is 4.94. The third-order valence-corrected chi connectivity index (χ3v) is 5.86. The largest absolute Gasteiger partial charge is 0.495 e. The lowest BCUT2D eigenvalue weighted by Crippen LogP contribution is -2.19. The van der Waals surface area contributed by atoms with Crippen LogP contribution in [0.15, 0.2) is 18.3 Å². The molecular formula is C20H21Cl2N5O2. The van der Waals surface area contributed by atoms with Crippen LogP contribution >= 0.6 is 23.2 Å². The van der Waals surface area contributed by atoms with Crippen molar-refractivity contribution in [3.63, 3.8) is 0 Å². The molecule has 1 atom stereocenters. The SMILES string of the molecule is COc1cc(OC)c(Cl)c(-c2cc3cnc(N)nc3c(NC(C)C3CC3)n2)c1Cl. The number of aromatic nitrogens is 3. The predicted molar refractivity (Wildman–Crippen MR) is 116 cm³/mol. The first kappa shape index (κ1) is 19.8. The zero-order chi connectivity index (χ0) is 20.7. The van der Waals surface area contributed by atoms with Crippen molar-refractivity contribution in [2.24, 2.45) is 5.92 Å². The standard InChI is InChI=1S/C20H21Cl2N5O2/c1-9(10-4-5-10)25-19-18-11(8-24-20(23)27-18)6-12(26-19)15-16(21)13(28-2)7-14(29-3)17(15)22/h6-10H,4-5H2,1-3H3,(H,25,26)(H2,23,24,27). The number of fused-ring (bicyclic) bond motifs is 1. The molecule has 1 unspecified atom stereocenters. The first-order valence-corrected chi connectivity index (χ1v) is 9.98. The molecule has 2 aromatic heterocycles. The van der Waals surface area contributed by atoms with Crippen LogP contribution in [0, 0.1) is 5.92 Å². The number of nitrogens with two attached hydrogens (primary N) is 1. The van der Waals surface area contributed by atoms with Gasteiger partial charge < -0.3 is 20.5 Å². The number of halogens is 2. The highest BCUT2D eigenvalue weighted by atomic mass is 35.5. The molecule has 2 heterocycles. The van der Waals surface area contributed by atoms with Gasteiger partial charge in [0.1, 0.15) is 17.0 Å². The van der Waals surface area contributed by atoms with Gasteiger partial charge in [0.25, 0.3) is 0 Å². The lowest BCUT2D eigenvalue weighted by atomic mass is 10.1. The number of methoxy groups -OCH3 is 2. The quantitative estimate of drug-likeness (QED) is 0.575. The smallest absolute Gasteiger partial charge is 0.220 e. The van der Waals surface area contributed by atoms with Crippen LogP contribution in [-0.4, -0.2) is 35.2 Å². The second kappa shape index (κ2) is 7.72. The summed E-state index contributed by atoms with van der Waals surface area (Å²) in [5.41, 5.74) is 7.54. The molecule has 9 heteroatoms. The maximum atomic E-state index is 6.60. The van der Waals surface area contributed by atoms with E-state index in [1.807, 2.05) is 6.07 Å². The fourth-order valence-corrected chi connectivity index (χ4v) is 4.02. The number of nitrogens with zero attached hydrogens (tertiary/aromatic N) is 3. The Labute approximate surface area is 178 Å². The van der Waals surface area contributed by atoms with Crippen molar-refractivity contribution in [2.45, 2.75) is 25.8 Å². The van der Waals surface area contributed by atoms with Crippen molar-refractivity contribution in [3.8, 4) is 22.8 Å². The summed E-state index contributed by atoms with van der Waals surface area (Å²) in [6.07, 6.45) is 4.07. The van der Waals surface area contributed by atoms with E-state index in [2.05, 4.69) is 22.2 Å². The Morgan fingerprint density at radius 3 is 2.34 bits per heavy atom. The van der Waals surface area contributed by atoms with Crippen molar-refractivity contribution in [1.29, 1.82) is 0 Å². The molecule has 4 rings (SSSR count). The Morgan fingerprint density at radius 1 is 1.10 bits per heavy atom. The number of hydrogen-bond acceptors (Lipinski definition) is 7. The predicted octanol–water partition coefficient (Wildman–Crippen LogP) is 4.81. The number of hydrogen-bond donors (Lipinski definition) is 2. The summed E-state index contributed by atoms with van der Waals surface area (Å²) in [4.78, 5) is 13.3. The van der Waals surface area contributed by atoms with E-state index >= 15 is 0 Å². The normalized spacial score (nSPS) is 14.7. The van der Waals surface area contributed by atoms with Gasteiger partial charge in [0, 0.05) is 29.3 Å². The molecule has 1 saturated carbocycles. The van der Waals surface area contributed by atoms with Crippen molar-refractivity contribution in [1.82, 2.24) is 15.0 Å². The molecule has 0 radical (unpaired) electrons. The fraction of sp³-hybridized carbons (Fsp3) is 0.350. The zero-order valence-corrected chi connectivity index (χ0v) is 17.8. The second-order valence-electron chi connectivity index (χ2n) is 7.08. The van der Waals surface area contributed by atoms with E-state index in [-0.39, 0.29) is 12.0 Å². The van der Waals surface area contributed by atoms with Gasteiger partial charge in [0.05, 0.1) is 30.0 Å². The Balaban J connectivity index is 1.94. The number of rotatable bonds is 6. The summed E-state index contributed by atoms with van der Waals surface area (Å²) in [6, 6.07) is 3.73. The first-order chi connectivity index (χ1) is 13.9. The van der Waals surface area contributed by atoms with Crippen molar-refractivity contribution < 1.29 is 9.47 Å². The van der Waals surface area contributed by atoms with Gasteiger partial charge in [-0.3, -0.25) is 0 Å². The van der Waals surface area contributed by atoms with Gasteiger partial charge in [-0.1, -0.05) is 23.2 Å². The molecule has 7 nitrogen and oxygen atoms in total. The molecular weight excluding hydrogens is 413 g/mol. The van der Waals surface area contributed by atoms with Gasteiger partial charge in [-0.15, -0.1) is 0 Å². The monoisotopic (exact) mass is 433 g/mol. The van der Waals surface area contributed by atoms with E-state index in [0.29, 0.717) is 50.1 Å². The van der Waals surface area contributed by atoms with Gasteiger partial charge in [-0.2, -0.15) is 0 Å². The average Bonchev–Trinajstić information content (AvgIpc) is 3.54. The minimum Gasteiger partial charge on any atom is -0.495 e. The van der Waals surface area contributed by atoms with Crippen molar-refractivity contribution >= 4 is 45.9 Å². The summed E-state index contributed by atoms with van der Waals surface area (Å²) in [6.45, 7) is 2.14. The second-order valence-corrected chi connectivity index (χ2v) is 7.83. The highest BCUT2D eigenvalue weighted by molar-refractivity contribution is 6.41. The van der Waals surface area contributed by atoms with Crippen LogP contribution in [0.2, 0.25) is 10.0 Å². The lowest BCUT2D eigenvalue weighted by molar-refractivity contribution is 0.395. The maximum Gasteiger partial charge on any atom is 0.220 e. The van der Waals surface area contributed by atoms with Crippen LogP contribution in [0.4, 0.5) is 11.8 Å². The molecule has 0 saturated heterocycles. The number of nitrogens with one attached hydrogen (secondary N) is 1. The molecule has 152 valence electrons. The number of nitrogen functional groups attached to an aromatic ring is 1. The van der Waals surface area contributed by atoms with Crippen LogP contribution in [0.25, 0.3) is 22.2 Å². The van der Waals surface area contributed by atoms with Gasteiger partial charge in [-0.05, 0) is 31.7 Å². The Morgan fingerprint density at radius 2 is 1.76 bits per heavy atom.